The highest BCUT2D eigenvalue weighted by molar-refractivity contribution is 5.92. The second-order valence-corrected chi connectivity index (χ2v) is 9.50. The third-order valence-electron chi connectivity index (χ3n) is 5.23. The van der Waals surface area contributed by atoms with E-state index in [9.17, 15) is 24.4 Å². The predicted octanol–water partition coefficient (Wildman–Crippen LogP) is 2.53. The van der Waals surface area contributed by atoms with Crippen molar-refractivity contribution in [1.82, 2.24) is 15.5 Å². The van der Waals surface area contributed by atoms with Crippen LogP contribution >= 0.6 is 0 Å². The van der Waals surface area contributed by atoms with Crippen LogP contribution in [0.5, 0.6) is 0 Å². The van der Waals surface area contributed by atoms with Gasteiger partial charge in [-0.05, 0) is 51.3 Å². The quantitative estimate of drug-likeness (QED) is 0.210. The molecule has 2 atom stereocenters. The van der Waals surface area contributed by atoms with E-state index in [0.717, 1.165) is 24.2 Å². The highest BCUT2D eigenvalue weighted by atomic mass is 16.6. The standard InChI is InChI=1S/C27H37N5O5/c1-6-8-9-17-30-24(34)23(20-12-10-19(7-2)11-13-20)32(18-16-28)25(35)21(14-15-22(29)33)31-26(36)37-27(3,4)5/h2,10-13,21,23H,6,8-9,14-15,17-18H2,1,3-5H3,(H2,29,33)(H,30,34)(H,31,36). The molecule has 2 unspecified atom stereocenters. The summed E-state index contributed by atoms with van der Waals surface area (Å²) in [5.41, 5.74) is 5.44. The zero-order valence-electron chi connectivity index (χ0n) is 22.0. The van der Waals surface area contributed by atoms with Crippen molar-refractivity contribution in [2.24, 2.45) is 5.73 Å². The first-order valence-corrected chi connectivity index (χ1v) is 12.2. The number of nitrogens with one attached hydrogen (secondary N) is 2. The number of nitriles is 1. The average molecular weight is 512 g/mol. The Morgan fingerprint density at radius 1 is 1.16 bits per heavy atom. The van der Waals surface area contributed by atoms with Crippen LogP contribution in [0.25, 0.3) is 0 Å². The molecule has 4 amide bonds. The number of primary amides is 1. The molecule has 200 valence electrons. The average Bonchev–Trinajstić information content (AvgIpc) is 2.82. The number of benzene rings is 1. The topological polar surface area (TPSA) is 155 Å². The fourth-order valence-corrected chi connectivity index (χ4v) is 3.48. The van der Waals surface area contributed by atoms with Gasteiger partial charge in [-0.2, -0.15) is 5.26 Å². The number of unbranched alkanes of at least 4 members (excludes halogenated alkanes) is 2. The molecule has 1 rings (SSSR count). The van der Waals surface area contributed by atoms with Crippen LogP contribution in [-0.2, 0) is 19.1 Å². The molecule has 0 radical (unpaired) electrons. The fraction of sp³-hybridized carbons (Fsp3) is 0.519. The maximum absolute atomic E-state index is 13.7. The second-order valence-electron chi connectivity index (χ2n) is 9.50. The SMILES string of the molecule is C#Cc1ccc(C(C(=O)NCCCCC)N(CC#N)C(=O)C(CCC(N)=O)NC(=O)OC(C)(C)C)cc1. The van der Waals surface area contributed by atoms with E-state index in [1.165, 1.54) is 0 Å². The van der Waals surface area contributed by atoms with Crippen molar-refractivity contribution in [2.45, 2.75) is 77.5 Å². The number of carbonyl (C=O) groups excluding carboxylic acids is 4. The third kappa shape index (κ3) is 11.0. The predicted molar refractivity (Wildman–Crippen MR) is 139 cm³/mol. The van der Waals surface area contributed by atoms with Crippen molar-refractivity contribution in [3.63, 3.8) is 0 Å². The molecular formula is C27H37N5O5. The van der Waals surface area contributed by atoms with Gasteiger partial charge in [0.15, 0.2) is 0 Å². The van der Waals surface area contributed by atoms with Crippen LogP contribution in [0.2, 0.25) is 0 Å². The van der Waals surface area contributed by atoms with Crippen molar-refractivity contribution in [2.75, 3.05) is 13.1 Å². The molecule has 1 aromatic rings. The Bertz CT molecular complexity index is 1020. The maximum atomic E-state index is 13.7. The van der Waals surface area contributed by atoms with Crippen molar-refractivity contribution >= 4 is 23.8 Å². The summed E-state index contributed by atoms with van der Waals surface area (Å²) >= 11 is 0. The van der Waals surface area contributed by atoms with Gasteiger partial charge in [0, 0.05) is 18.5 Å². The fourth-order valence-electron chi connectivity index (χ4n) is 3.48. The van der Waals surface area contributed by atoms with Crippen LogP contribution in [-0.4, -0.2) is 53.4 Å². The molecule has 0 saturated carbocycles. The molecule has 0 aromatic heterocycles. The molecular weight excluding hydrogens is 474 g/mol. The molecule has 1 aromatic carbocycles. The van der Waals surface area contributed by atoms with Gasteiger partial charge in [0.25, 0.3) is 0 Å². The first kappa shape index (κ1) is 31.0. The first-order chi connectivity index (χ1) is 17.4. The van der Waals surface area contributed by atoms with Crippen molar-refractivity contribution in [3.05, 3.63) is 35.4 Å². The molecule has 0 fully saturated rings. The highest BCUT2D eigenvalue weighted by Crippen LogP contribution is 2.24. The van der Waals surface area contributed by atoms with Gasteiger partial charge in [-0.3, -0.25) is 14.4 Å². The number of carbonyl (C=O) groups is 4. The summed E-state index contributed by atoms with van der Waals surface area (Å²) in [4.78, 5) is 52.0. The van der Waals surface area contributed by atoms with E-state index in [4.69, 9.17) is 16.9 Å². The van der Waals surface area contributed by atoms with Crippen LogP contribution in [0.4, 0.5) is 4.79 Å². The Morgan fingerprint density at radius 2 is 1.81 bits per heavy atom. The van der Waals surface area contributed by atoms with Crippen LogP contribution in [0.3, 0.4) is 0 Å². The molecule has 0 saturated heterocycles. The summed E-state index contributed by atoms with van der Waals surface area (Å²) < 4.78 is 5.26. The first-order valence-electron chi connectivity index (χ1n) is 12.2. The Kier molecular flexibility index (Phi) is 12.7. The lowest BCUT2D eigenvalue weighted by Gasteiger charge is -2.33. The molecule has 10 heteroatoms. The molecule has 0 aliphatic carbocycles. The van der Waals surface area contributed by atoms with Crippen LogP contribution < -0.4 is 16.4 Å². The van der Waals surface area contributed by atoms with Gasteiger partial charge in [0.2, 0.25) is 17.7 Å². The summed E-state index contributed by atoms with van der Waals surface area (Å²) in [6.45, 7) is 6.96. The molecule has 37 heavy (non-hydrogen) atoms. The normalized spacial score (nSPS) is 12.3. The molecule has 0 aliphatic heterocycles. The number of ether oxygens (including phenoxy) is 1. The van der Waals surface area contributed by atoms with Crippen LogP contribution in [0.1, 0.15) is 77.0 Å². The number of alkyl carbamates (subject to hydrolysis) is 1. The van der Waals surface area contributed by atoms with Gasteiger partial charge in [-0.25, -0.2) is 4.79 Å². The van der Waals surface area contributed by atoms with Crippen molar-refractivity contribution < 1.29 is 23.9 Å². The van der Waals surface area contributed by atoms with Crippen LogP contribution in [0.15, 0.2) is 24.3 Å². The van der Waals surface area contributed by atoms with E-state index in [2.05, 4.69) is 16.6 Å². The number of terminal acetylenes is 1. The number of hydrogen-bond acceptors (Lipinski definition) is 6. The van der Waals surface area contributed by atoms with E-state index in [1.807, 2.05) is 13.0 Å². The second kappa shape index (κ2) is 15.1. The number of hydrogen-bond donors (Lipinski definition) is 3. The van der Waals surface area contributed by atoms with Gasteiger partial charge in [-0.1, -0.05) is 37.8 Å². The van der Waals surface area contributed by atoms with Crippen molar-refractivity contribution in [3.8, 4) is 18.4 Å². The van der Waals surface area contributed by atoms with Crippen LogP contribution in [0, 0.1) is 23.7 Å². The molecule has 10 nitrogen and oxygen atoms in total. The summed E-state index contributed by atoms with van der Waals surface area (Å²) in [6.07, 6.45) is 6.83. The number of amides is 4. The molecule has 0 aliphatic rings. The Labute approximate surface area is 218 Å². The minimum absolute atomic E-state index is 0.143. The van der Waals surface area contributed by atoms with Gasteiger partial charge in [0.05, 0.1) is 6.07 Å². The van der Waals surface area contributed by atoms with Gasteiger partial charge in [0.1, 0.15) is 24.2 Å². The van der Waals surface area contributed by atoms with E-state index < -0.39 is 48.0 Å². The summed E-state index contributed by atoms with van der Waals surface area (Å²) in [6, 6.07) is 5.96. The third-order valence-corrected chi connectivity index (χ3v) is 5.23. The van der Waals surface area contributed by atoms with E-state index >= 15 is 0 Å². The van der Waals surface area contributed by atoms with E-state index in [-0.39, 0.29) is 12.8 Å². The Balaban J connectivity index is 3.40. The smallest absolute Gasteiger partial charge is 0.408 e. The zero-order valence-corrected chi connectivity index (χ0v) is 22.0. The lowest BCUT2D eigenvalue weighted by Crippen LogP contribution is -2.53. The minimum atomic E-state index is -1.27. The Morgan fingerprint density at radius 3 is 2.32 bits per heavy atom. The molecule has 0 bridgehead atoms. The van der Waals surface area contributed by atoms with Gasteiger partial charge >= 0.3 is 6.09 Å². The zero-order chi connectivity index (χ0) is 28.0. The highest BCUT2D eigenvalue weighted by Gasteiger charge is 2.36. The van der Waals surface area contributed by atoms with E-state index in [1.54, 1.807) is 45.0 Å². The number of nitrogens with zero attached hydrogens (tertiary/aromatic N) is 2. The number of rotatable bonds is 13. The summed E-state index contributed by atoms with van der Waals surface area (Å²) in [5, 5.41) is 14.8. The number of nitrogens with two attached hydrogens (primary N) is 1. The lowest BCUT2D eigenvalue weighted by molar-refractivity contribution is -0.142. The maximum Gasteiger partial charge on any atom is 0.408 e. The summed E-state index contributed by atoms with van der Waals surface area (Å²) in [7, 11) is 0. The largest absolute Gasteiger partial charge is 0.444 e. The van der Waals surface area contributed by atoms with E-state index in [0.29, 0.717) is 17.7 Å². The Hall–Kier alpha value is -4.05. The van der Waals surface area contributed by atoms with Gasteiger partial charge in [-0.15, -0.1) is 6.42 Å². The minimum Gasteiger partial charge on any atom is -0.444 e. The monoisotopic (exact) mass is 511 g/mol. The van der Waals surface area contributed by atoms with Gasteiger partial charge < -0.3 is 26.0 Å². The summed E-state index contributed by atoms with van der Waals surface area (Å²) in [5.74, 6) is 0.600. The molecule has 0 heterocycles. The molecule has 0 spiro atoms. The molecule has 4 N–H and O–H groups in total. The van der Waals surface area contributed by atoms with Crippen molar-refractivity contribution in [1.29, 1.82) is 5.26 Å². The lowest BCUT2D eigenvalue weighted by atomic mass is 10.0.